The Kier molecular flexibility index (Phi) is 6.26. The fourth-order valence-electron chi connectivity index (χ4n) is 3.72. The van der Waals surface area contributed by atoms with Gasteiger partial charge in [-0.2, -0.15) is 0 Å². The number of hydrogen-bond acceptors (Lipinski definition) is 3. The van der Waals surface area contributed by atoms with Gasteiger partial charge >= 0.3 is 0 Å². The van der Waals surface area contributed by atoms with Gasteiger partial charge in [-0.3, -0.25) is 4.98 Å². The molecule has 3 heteroatoms. The van der Waals surface area contributed by atoms with Crippen molar-refractivity contribution in [3.63, 3.8) is 0 Å². The highest BCUT2D eigenvalue weighted by Gasteiger charge is 2.19. The summed E-state index contributed by atoms with van der Waals surface area (Å²) in [4.78, 5) is 6.51. The van der Waals surface area contributed by atoms with Crippen LogP contribution in [-0.2, 0) is 0 Å². The standard InChI is InChI=1S/C26H33N3/c1-17(2)22-13-21(20-11-9-8-10-12-20)14-23(18(3)4)26(22)28-25-19(5)15-27-16-24(25)29(6)7/h8-18H,1-7H3,(H,27,28). The van der Waals surface area contributed by atoms with Crippen molar-refractivity contribution >= 4 is 17.1 Å². The third-order valence-corrected chi connectivity index (χ3v) is 5.40. The Balaban J connectivity index is 2.21. The zero-order valence-electron chi connectivity index (χ0n) is 18.7. The van der Waals surface area contributed by atoms with Crippen LogP contribution in [-0.4, -0.2) is 19.1 Å². The summed E-state index contributed by atoms with van der Waals surface area (Å²) in [5.74, 6) is 0.812. The van der Waals surface area contributed by atoms with E-state index in [0.717, 1.165) is 16.9 Å². The Bertz CT molecular complexity index is 943. The van der Waals surface area contributed by atoms with Gasteiger partial charge in [0.2, 0.25) is 0 Å². The van der Waals surface area contributed by atoms with E-state index < -0.39 is 0 Å². The number of anilines is 3. The van der Waals surface area contributed by atoms with Gasteiger partial charge in [0, 0.05) is 26.0 Å². The molecule has 0 atom stereocenters. The van der Waals surface area contributed by atoms with E-state index in [1.807, 2.05) is 12.4 Å². The van der Waals surface area contributed by atoms with Crippen LogP contribution in [0.5, 0.6) is 0 Å². The number of benzene rings is 2. The second kappa shape index (κ2) is 8.69. The van der Waals surface area contributed by atoms with Crippen molar-refractivity contribution in [2.75, 3.05) is 24.3 Å². The highest BCUT2D eigenvalue weighted by atomic mass is 15.1. The summed E-state index contributed by atoms with van der Waals surface area (Å²) in [6.07, 6.45) is 3.86. The molecule has 0 aliphatic carbocycles. The Hall–Kier alpha value is -2.81. The number of hydrogen-bond donors (Lipinski definition) is 1. The van der Waals surface area contributed by atoms with E-state index >= 15 is 0 Å². The maximum Gasteiger partial charge on any atom is 0.0789 e. The molecule has 0 aliphatic heterocycles. The van der Waals surface area contributed by atoms with E-state index in [0.29, 0.717) is 11.8 Å². The van der Waals surface area contributed by atoms with Gasteiger partial charge in [-0.15, -0.1) is 0 Å². The molecular formula is C26H33N3. The Morgan fingerprint density at radius 2 is 1.38 bits per heavy atom. The lowest BCUT2D eigenvalue weighted by molar-refractivity contribution is 0.839. The minimum atomic E-state index is 0.406. The molecule has 2 aromatic carbocycles. The molecule has 3 nitrogen and oxygen atoms in total. The summed E-state index contributed by atoms with van der Waals surface area (Å²) in [5, 5.41) is 3.82. The van der Waals surface area contributed by atoms with Crippen LogP contribution in [0.15, 0.2) is 54.9 Å². The summed E-state index contributed by atoms with van der Waals surface area (Å²) in [5.41, 5.74) is 9.83. The first-order chi connectivity index (χ1) is 13.8. The lowest BCUT2D eigenvalue weighted by Gasteiger charge is -2.26. The number of rotatable bonds is 6. The van der Waals surface area contributed by atoms with Crippen molar-refractivity contribution < 1.29 is 0 Å². The van der Waals surface area contributed by atoms with Gasteiger partial charge in [0.25, 0.3) is 0 Å². The Labute approximate surface area is 175 Å². The predicted octanol–water partition coefficient (Wildman–Crippen LogP) is 7.11. The Morgan fingerprint density at radius 1 is 0.793 bits per heavy atom. The van der Waals surface area contributed by atoms with Crippen LogP contribution in [0.2, 0.25) is 0 Å². The summed E-state index contributed by atoms with van der Waals surface area (Å²) in [6.45, 7) is 11.2. The molecule has 0 amide bonds. The lowest BCUT2D eigenvalue weighted by Crippen LogP contribution is -2.13. The van der Waals surface area contributed by atoms with E-state index in [4.69, 9.17) is 0 Å². The summed E-state index contributed by atoms with van der Waals surface area (Å²) in [7, 11) is 4.12. The Morgan fingerprint density at radius 3 is 1.90 bits per heavy atom. The topological polar surface area (TPSA) is 28.2 Å². The third-order valence-electron chi connectivity index (χ3n) is 5.40. The molecule has 0 bridgehead atoms. The van der Waals surface area contributed by atoms with Gasteiger partial charge < -0.3 is 10.2 Å². The van der Waals surface area contributed by atoms with Gasteiger partial charge in [-0.25, -0.2) is 0 Å². The van der Waals surface area contributed by atoms with Gasteiger partial charge in [-0.1, -0.05) is 58.0 Å². The van der Waals surface area contributed by atoms with Crippen molar-refractivity contribution in [3.05, 3.63) is 71.5 Å². The molecule has 0 fully saturated rings. The van der Waals surface area contributed by atoms with Crippen molar-refractivity contribution in [1.29, 1.82) is 0 Å². The molecule has 152 valence electrons. The first-order valence-electron chi connectivity index (χ1n) is 10.4. The van der Waals surface area contributed by atoms with Crippen LogP contribution in [0, 0.1) is 6.92 Å². The van der Waals surface area contributed by atoms with Crippen LogP contribution >= 0.6 is 0 Å². The van der Waals surface area contributed by atoms with Crippen LogP contribution in [0.1, 0.15) is 56.2 Å². The van der Waals surface area contributed by atoms with E-state index in [9.17, 15) is 0 Å². The van der Waals surface area contributed by atoms with Crippen LogP contribution < -0.4 is 10.2 Å². The van der Waals surface area contributed by atoms with Crippen molar-refractivity contribution in [1.82, 2.24) is 4.98 Å². The van der Waals surface area contributed by atoms with E-state index in [-0.39, 0.29) is 0 Å². The molecule has 1 N–H and O–H groups in total. The van der Waals surface area contributed by atoms with Crippen molar-refractivity contribution in [3.8, 4) is 11.1 Å². The van der Waals surface area contributed by atoms with Gasteiger partial charge in [0.15, 0.2) is 0 Å². The van der Waals surface area contributed by atoms with Crippen molar-refractivity contribution in [2.45, 2.75) is 46.5 Å². The number of aromatic nitrogens is 1. The fourth-order valence-corrected chi connectivity index (χ4v) is 3.72. The summed E-state index contributed by atoms with van der Waals surface area (Å²) in [6, 6.07) is 15.4. The van der Waals surface area contributed by atoms with Crippen LogP contribution in [0.3, 0.4) is 0 Å². The van der Waals surface area contributed by atoms with Gasteiger partial charge in [0.05, 0.1) is 17.6 Å². The number of aryl methyl sites for hydroxylation is 1. The van der Waals surface area contributed by atoms with Crippen molar-refractivity contribution in [2.24, 2.45) is 0 Å². The van der Waals surface area contributed by atoms with Crippen LogP contribution in [0.4, 0.5) is 17.1 Å². The average molecular weight is 388 g/mol. The maximum absolute atomic E-state index is 4.39. The maximum atomic E-state index is 4.39. The first-order valence-corrected chi connectivity index (χ1v) is 10.4. The lowest BCUT2D eigenvalue weighted by atomic mass is 9.88. The summed E-state index contributed by atoms with van der Waals surface area (Å²) < 4.78 is 0. The number of pyridine rings is 1. The second-order valence-electron chi connectivity index (χ2n) is 8.58. The largest absolute Gasteiger partial charge is 0.375 e. The molecule has 0 saturated carbocycles. The highest BCUT2D eigenvalue weighted by molar-refractivity contribution is 5.82. The smallest absolute Gasteiger partial charge is 0.0789 e. The molecule has 0 aliphatic rings. The van der Waals surface area contributed by atoms with Crippen LogP contribution in [0.25, 0.3) is 11.1 Å². The molecule has 0 unspecified atom stereocenters. The molecule has 1 heterocycles. The normalized spacial score (nSPS) is 11.2. The molecule has 0 saturated heterocycles. The summed E-state index contributed by atoms with van der Waals surface area (Å²) >= 11 is 0. The molecule has 0 radical (unpaired) electrons. The minimum Gasteiger partial charge on any atom is -0.375 e. The monoisotopic (exact) mass is 387 g/mol. The molecule has 3 aromatic rings. The molecule has 0 spiro atoms. The highest BCUT2D eigenvalue weighted by Crippen LogP contribution is 2.40. The third kappa shape index (κ3) is 4.45. The zero-order valence-corrected chi connectivity index (χ0v) is 18.7. The van der Waals surface area contributed by atoms with E-state index in [2.05, 4.69) is 106 Å². The minimum absolute atomic E-state index is 0.406. The zero-order chi connectivity index (χ0) is 21.1. The predicted molar refractivity (Wildman–Crippen MR) is 127 cm³/mol. The van der Waals surface area contributed by atoms with Gasteiger partial charge in [-0.05, 0) is 58.7 Å². The van der Waals surface area contributed by atoms with E-state index in [1.54, 1.807) is 0 Å². The fraction of sp³-hybridized carbons (Fsp3) is 0.346. The number of nitrogens with one attached hydrogen (secondary N) is 1. The van der Waals surface area contributed by atoms with E-state index in [1.165, 1.54) is 27.9 Å². The second-order valence-corrected chi connectivity index (χ2v) is 8.58. The molecule has 29 heavy (non-hydrogen) atoms. The SMILES string of the molecule is Cc1cncc(N(C)C)c1Nc1c(C(C)C)cc(-c2ccccc2)cc1C(C)C. The molecular weight excluding hydrogens is 354 g/mol. The number of nitrogens with zero attached hydrogens (tertiary/aromatic N) is 2. The quantitative estimate of drug-likeness (QED) is 0.488. The first kappa shape index (κ1) is 20.9. The molecule has 3 rings (SSSR count). The van der Waals surface area contributed by atoms with Gasteiger partial charge in [0.1, 0.15) is 0 Å². The average Bonchev–Trinajstić information content (AvgIpc) is 2.69. The molecule has 1 aromatic heterocycles.